The van der Waals surface area contributed by atoms with Crippen LogP contribution in [0.1, 0.15) is 0 Å². The second-order valence-corrected chi connectivity index (χ2v) is 22.4. The molecule has 0 unspecified atom stereocenters. The molecule has 0 fully saturated rings. The van der Waals surface area contributed by atoms with Crippen molar-refractivity contribution in [1.29, 1.82) is 0 Å². The molecule has 3 nitrogen and oxygen atoms in total. The van der Waals surface area contributed by atoms with Gasteiger partial charge in [-0.1, -0.05) is 0 Å². The first-order chi connectivity index (χ1) is 22.9. The molecule has 0 atom stereocenters. The molecule has 0 saturated heterocycles. The molecule has 3 aliphatic rings. The van der Waals surface area contributed by atoms with E-state index in [1.165, 1.54) is 65.5 Å². The van der Waals surface area contributed by atoms with Gasteiger partial charge in [-0.05, 0) is 0 Å². The SMILES string of the molecule is c1ccc(N2c3cccc4[c]3[Sn]3([c]5ccccc5)[c]5c2cccc5N(c2ccccc2)c2cccc([c]23)N4c2ccccc2)cc1. The monoisotopic (exact) mass is 695 g/mol. The number of rotatable bonds is 4. The van der Waals surface area contributed by atoms with Gasteiger partial charge in [0.05, 0.1) is 0 Å². The van der Waals surface area contributed by atoms with Gasteiger partial charge in [-0.2, -0.15) is 0 Å². The van der Waals surface area contributed by atoms with E-state index in [1.54, 1.807) is 0 Å². The van der Waals surface area contributed by atoms with Gasteiger partial charge in [0.2, 0.25) is 0 Å². The van der Waals surface area contributed by atoms with Gasteiger partial charge < -0.3 is 0 Å². The van der Waals surface area contributed by atoms with Crippen molar-refractivity contribution in [3.63, 3.8) is 0 Å². The van der Waals surface area contributed by atoms with Crippen LogP contribution in [0.3, 0.4) is 0 Å². The van der Waals surface area contributed by atoms with E-state index < -0.39 is 18.4 Å². The van der Waals surface area contributed by atoms with Crippen molar-refractivity contribution in [2.24, 2.45) is 0 Å². The van der Waals surface area contributed by atoms with Gasteiger partial charge in [0, 0.05) is 0 Å². The summed E-state index contributed by atoms with van der Waals surface area (Å²) in [7, 11) is 0. The first-order valence-electron chi connectivity index (χ1n) is 15.9. The Hall–Kier alpha value is -5.26. The van der Waals surface area contributed by atoms with E-state index in [1.807, 2.05) is 0 Å². The van der Waals surface area contributed by atoms with Crippen LogP contribution in [-0.2, 0) is 0 Å². The van der Waals surface area contributed by atoms with Gasteiger partial charge in [-0.15, -0.1) is 0 Å². The Morgan fingerprint density at radius 3 is 0.804 bits per heavy atom. The van der Waals surface area contributed by atoms with Gasteiger partial charge in [0.15, 0.2) is 0 Å². The third-order valence-electron chi connectivity index (χ3n) is 9.88. The van der Waals surface area contributed by atoms with E-state index in [9.17, 15) is 0 Å². The molecule has 216 valence electrons. The van der Waals surface area contributed by atoms with Crippen molar-refractivity contribution in [3.05, 3.63) is 176 Å². The predicted octanol–water partition coefficient (Wildman–Crippen LogP) is 8.41. The molecule has 7 aromatic carbocycles. The standard InChI is InChI=1S/C36H24N3.C6H5.Sn/c1-4-13-28(14-5-1)37-31-19-10-21-33(25-31)38(29-15-6-2-7-16-29)35-23-12-24-36(27-35)39(30-17-8-3-9-18-30)34-22-11-20-32(37)26-34;1-2-4-6-5-3-1;/h1-24H;1-5H;. The molecule has 0 aliphatic carbocycles. The first-order valence-corrected chi connectivity index (χ1v) is 21.6. The van der Waals surface area contributed by atoms with Gasteiger partial charge in [0.25, 0.3) is 0 Å². The van der Waals surface area contributed by atoms with Crippen molar-refractivity contribution in [1.82, 2.24) is 0 Å². The van der Waals surface area contributed by atoms with Crippen LogP contribution in [0.25, 0.3) is 0 Å². The Morgan fingerprint density at radius 1 is 0.261 bits per heavy atom. The van der Waals surface area contributed by atoms with E-state index in [0.29, 0.717) is 0 Å². The molecule has 0 bridgehead atoms. The number of para-hydroxylation sites is 3. The second kappa shape index (κ2) is 9.87. The molecule has 46 heavy (non-hydrogen) atoms. The van der Waals surface area contributed by atoms with Crippen molar-refractivity contribution in [2.75, 3.05) is 14.7 Å². The third-order valence-corrected chi connectivity index (χ3v) is 24.1. The van der Waals surface area contributed by atoms with Crippen molar-refractivity contribution >= 4 is 83.9 Å². The molecular weight excluding hydrogens is 665 g/mol. The Labute approximate surface area is 273 Å². The van der Waals surface area contributed by atoms with Crippen LogP contribution < -0.4 is 29.0 Å². The van der Waals surface area contributed by atoms with Crippen LogP contribution in [0, 0.1) is 0 Å². The number of hydrogen-bond acceptors (Lipinski definition) is 3. The summed E-state index contributed by atoms with van der Waals surface area (Å²) in [4.78, 5) is 7.59. The molecule has 0 spiro atoms. The minimum absolute atomic E-state index is 1.18. The summed E-state index contributed by atoms with van der Waals surface area (Å²) < 4.78 is 6.04. The first kappa shape index (κ1) is 26.0. The summed E-state index contributed by atoms with van der Waals surface area (Å²) in [5.74, 6) is 0. The molecule has 4 heteroatoms. The molecule has 0 N–H and O–H groups in total. The number of benzene rings is 7. The van der Waals surface area contributed by atoms with Crippen molar-refractivity contribution in [3.8, 4) is 0 Å². The number of hydrogen-bond donors (Lipinski definition) is 0. The molecule has 0 saturated carbocycles. The van der Waals surface area contributed by atoms with E-state index in [4.69, 9.17) is 0 Å². The molecule has 0 aromatic heterocycles. The van der Waals surface area contributed by atoms with Crippen LogP contribution in [0.2, 0.25) is 0 Å². The van der Waals surface area contributed by atoms with Crippen LogP contribution in [0.5, 0.6) is 0 Å². The molecular formula is C42H29N3Sn. The number of anilines is 9. The summed E-state index contributed by atoms with van der Waals surface area (Å²) in [6, 6.07) is 65.2. The van der Waals surface area contributed by atoms with Gasteiger partial charge in [0.1, 0.15) is 0 Å². The Balaban J connectivity index is 1.45. The Kier molecular flexibility index (Phi) is 5.58. The zero-order valence-electron chi connectivity index (χ0n) is 25.1. The topological polar surface area (TPSA) is 9.72 Å². The van der Waals surface area contributed by atoms with Crippen LogP contribution >= 0.6 is 0 Å². The van der Waals surface area contributed by atoms with Crippen molar-refractivity contribution < 1.29 is 0 Å². The fraction of sp³-hybridized carbons (Fsp3) is 0. The average Bonchev–Trinajstić information content (AvgIpc) is 3.13. The zero-order valence-corrected chi connectivity index (χ0v) is 27.9. The van der Waals surface area contributed by atoms with E-state index >= 15 is 0 Å². The molecule has 3 aliphatic heterocycles. The van der Waals surface area contributed by atoms with E-state index in [0.717, 1.165) is 0 Å². The number of nitrogens with zero attached hydrogens (tertiary/aromatic N) is 3. The fourth-order valence-corrected chi connectivity index (χ4v) is 24.8. The summed E-state index contributed by atoms with van der Waals surface area (Å²) in [6.45, 7) is 0. The summed E-state index contributed by atoms with van der Waals surface area (Å²) in [5.41, 5.74) is 11.3. The van der Waals surface area contributed by atoms with Gasteiger partial charge in [-0.3, -0.25) is 0 Å². The van der Waals surface area contributed by atoms with Gasteiger partial charge >= 0.3 is 275 Å². The average molecular weight is 694 g/mol. The third kappa shape index (κ3) is 3.33. The van der Waals surface area contributed by atoms with Crippen LogP contribution in [0.4, 0.5) is 51.2 Å². The predicted molar refractivity (Wildman–Crippen MR) is 195 cm³/mol. The molecule has 3 heterocycles. The van der Waals surface area contributed by atoms with Crippen molar-refractivity contribution in [2.45, 2.75) is 0 Å². The van der Waals surface area contributed by atoms with Crippen LogP contribution in [0.15, 0.2) is 176 Å². The summed E-state index contributed by atoms with van der Waals surface area (Å²) >= 11 is -4.07. The van der Waals surface area contributed by atoms with E-state index in [2.05, 4.69) is 191 Å². The normalized spacial score (nSPS) is 14.6. The Morgan fingerprint density at radius 2 is 0.522 bits per heavy atom. The maximum absolute atomic E-state index is 4.07. The van der Waals surface area contributed by atoms with Gasteiger partial charge in [-0.25, -0.2) is 0 Å². The minimum atomic E-state index is -4.07. The second-order valence-electron chi connectivity index (χ2n) is 12.1. The quantitative estimate of drug-likeness (QED) is 0.172. The molecule has 7 aromatic rings. The zero-order chi connectivity index (χ0) is 30.2. The summed E-state index contributed by atoms with van der Waals surface area (Å²) in [6.07, 6.45) is 0. The van der Waals surface area contributed by atoms with Crippen LogP contribution in [-0.4, -0.2) is 18.4 Å². The molecule has 10 rings (SSSR count). The maximum atomic E-state index is 2.53. The summed E-state index contributed by atoms with van der Waals surface area (Å²) in [5, 5.41) is 0. The van der Waals surface area contributed by atoms with E-state index in [-0.39, 0.29) is 0 Å². The Bertz CT molecular complexity index is 1980. The molecule has 0 amide bonds. The molecule has 0 radical (unpaired) electrons. The fourth-order valence-electron chi connectivity index (χ4n) is 8.31.